The number of hydrogen-bond donors (Lipinski definition) is 2. The summed E-state index contributed by atoms with van der Waals surface area (Å²) in [5.74, 6) is 1.24. The van der Waals surface area contributed by atoms with Gasteiger partial charge in [0.15, 0.2) is 0 Å². The van der Waals surface area contributed by atoms with Crippen molar-refractivity contribution in [1.29, 1.82) is 0 Å². The van der Waals surface area contributed by atoms with E-state index in [1.807, 2.05) is 35.3 Å². The molecule has 32 heavy (non-hydrogen) atoms. The molecule has 1 spiro atoms. The Morgan fingerprint density at radius 1 is 1.03 bits per heavy atom. The quantitative estimate of drug-likeness (QED) is 0.510. The summed E-state index contributed by atoms with van der Waals surface area (Å²) in [7, 11) is 0. The molecule has 5 heterocycles. The summed E-state index contributed by atoms with van der Waals surface area (Å²) in [4.78, 5) is 16.3. The highest BCUT2D eigenvalue weighted by molar-refractivity contribution is 6.01. The number of piperidine rings is 1. The van der Waals surface area contributed by atoms with Crippen molar-refractivity contribution >= 4 is 39.4 Å². The third-order valence-electron chi connectivity index (χ3n) is 6.74. The first kappa shape index (κ1) is 19.4. The Kier molecular flexibility index (Phi) is 4.46. The molecule has 1 aromatic carbocycles. The van der Waals surface area contributed by atoms with Gasteiger partial charge in [-0.1, -0.05) is 5.21 Å². The third kappa shape index (κ3) is 3.24. The van der Waals surface area contributed by atoms with Crippen LogP contribution in [0.3, 0.4) is 0 Å². The van der Waals surface area contributed by atoms with Crippen LogP contribution in [0.1, 0.15) is 32.7 Å². The predicted octanol–water partition coefficient (Wildman–Crippen LogP) is 3.28. The summed E-state index contributed by atoms with van der Waals surface area (Å²) in [6.45, 7) is 8.71. The van der Waals surface area contributed by atoms with Crippen LogP contribution in [-0.4, -0.2) is 56.1 Å². The van der Waals surface area contributed by atoms with E-state index in [1.54, 1.807) is 0 Å². The van der Waals surface area contributed by atoms with Crippen LogP contribution in [0.15, 0.2) is 36.7 Å². The molecule has 4 aromatic rings. The highest BCUT2D eigenvalue weighted by atomic mass is 15.4. The van der Waals surface area contributed by atoms with Gasteiger partial charge < -0.3 is 15.5 Å². The van der Waals surface area contributed by atoms with Crippen molar-refractivity contribution < 1.29 is 0 Å². The Hall–Kier alpha value is -3.33. The molecule has 9 heteroatoms. The third-order valence-corrected chi connectivity index (χ3v) is 6.74. The van der Waals surface area contributed by atoms with Gasteiger partial charge in [0, 0.05) is 36.1 Å². The van der Waals surface area contributed by atoms with Crippen molar-refractivity contribution in [2.45, 2.75) is 32.7 Å². The zero-order valence-electron chi connectivity index (χ0n) is 18.4. The van der Waals surface area contributed by atoms with Crippen LogP contribution in [0.4, 0.5) is 17.5 Å². The van der Waals surface area contributed by atoms with Crippen LogP contribution in [0.5, 0.6) is 0 Å². The normalized spacial score (nSPS) is 17.9. The van der Waals surface area contributed by atoms with E-state index in [1.165, 1.54) is 18.5 Å². The molecule has 2 fully saturated rings. The number of nitrogens with one attached hydrogen (secondary N) is 2. The number of nitrogens with zero attached hydrogens (tertiary/aromatic N) is 7. The average Bonchev–Trinajstić information content (AvgIpc) is 3.24. The molecule has 2 aliphatic rings. The van der Waals surface area contributed by atoms with Crippen molar-refractivity contribution in [2.75, 3.05) is 36.4 Å². The van der Waals surface area contributed by atoms with Crippen LogP contribution in [-0.2, 0) is 0 Å². The van der Waals surface area contributed by atoms with Crippen molar-refractivity contribution in [2.24, 2.45) is 5.41 Å². The van der Waals surface area contributed by atoms with Crippen molar-refractivity contribution in [1.82, 2.24) is 35.3 Å². The van der Waals surface area contributed by atoms with Gasteiger partial charge in [0.25, 0.3) is 0 Å². The lowest BCUT2D eigenvalue weighted by molar-refractivity contribution is 0.150. The molecule has 0 unspecified atom stereocenters. The molecular formula is C23H27N9. The monoisotopic (exact) mass is 429 g/mol. The zero-order valence-corrected chi connectivity index (χ0v) is 18.4. The van der Waals surface area contributed by atoms with E-state index in [2.05, 4.69) is 55.7 Å². The van der Waals surface area contributed by atoms with Gasteiger partial charge in [-0.05, 0) is 64.0 Å². The van der Waals surface area contributed by atoms with Crippen molar-refractivity contribution in [3.05, 3.63) is 36.7 Å². The predicted molar refractivity (Wildman–Crippen MR) is 125 cm³/mol. The van der Waals surface area contributed by atoms with Crippen molar-refractivity contribution in [3.8, 4) is 0 Å². The number of fused-ring (bicyclic) bond motifs is 3. The fourth-order valence-electron chi connectivity index (χ4n) is 4.92. The summed E-state index contributed by atoms with van der Waals surface area (Å²) >= 11 is 0. The van der Waals surface area contributed by atoms with E-state index >= 15 is 0 Å². The molecule has 9 nitrogen and oxygen atoms in total. The summed E-state index contributed by atoms with van der Waals surface area (Å²) < 4.78 is 1.91. The zero-order chi connectivity index (χ0) is 21.7. The van der Waals surface area contributed by atoms with Gasteiger partial charge in [-0.15, -0.1) is 5.10 Å². The molecule has 3 aromatic heterocycles. The molecule has 2 aliphatic heterocycles. The van der Waals surface area contributed by atoms with Gasteiger partial charge >= 0.3 is 0 Å². The molecule has 2 N–H and O–H groups in total. The molecule has 0 amide bonds. The molecule has 2 saturated heterocycles. The highest BCUT2D eigenvalue weighted by Crippen LogP contribution is 2.41. The second-order valence-corrected chi connectivity index (χ2v) is 9.33. The second-order valence-electron chi connectivity index (χ2n) is 9.33. The van der Waals surface area contributed by atoms with E-state index in [-0.39, 0.29) is 6.04 Å². The fourth-order valence-corrected chi connectivity index (χ4v) is 4.92. The molecule has 0 bridgehead atoms. The number of hydrogen-bond acceptors (Lipinski definition) is 8. The van der Waals surface area contributed by atoms with E-state index < -0.39 is 0 Å². The molecule has 0 aliphatic carbocycles. The number of pyridine rings is 1. The second kappa shape index (κ2) is 7.37. The van der Waals surface area contributed by atoms with E-state index in [0.717, 1.165) is 53.9 Å². The Morgan fingerprint density at radius 3 is 2.62 bits per heavy atom. The summed E-state index contributed by atoms with van der Waals surface area (Å²) in [5.41, 5.74) is 4.27. The Labute approximate surface area is 186 Å². The van der Waals surface area contributed by atoms with Gasteiger partial charge in [-0.25, -0.2) is 19.6 Å². The van der Waals surface area contributed by atoms with Crippen LogP contribution in [0.2, 0.25) is 0 Å². The first-order chi connectivity index (χ1) is 15.6. The largest absolute Gasteiger partial charge is 0.369 e. The lowest BCUT2D eigenvalue weighted by atomic mass is 9.72. The van der Waals surface area contributed by atoms with E-state index in [0.29, 0.717) is 11.4 Å². The lowest BCUT2D eigenvalue weighted by Crippen LogP contribution is -2.60. The molecule has 6 rings (SSSR count). The molecule has 0 atom stereocenters. The number of benzene rings is 1. The van der Waals surface area contributed by atoms with Gasteiger partial charge in [-0.3, -0.25) is 0 Å². The first-order valence-corrected chi connectivity index (χ1v) is 11.3. The summed E-state index contributed by atoms with van der Waals surface area (Å²) in [5, 5.41) is 16.3. The standard InChI is InChI=1S/C23H27N9/c1-15(2)32-21-18(29-30-32)5-3-16-11-26-22(28-20(16)21)27-19-6-4-17(12-25-19)31-13-23(14-31)7-9-24-10-8-23/h3-6,11-12,15,24H,7-10,13-14H2,1-2H3,(H,25,26,27,28). The topological polar surface area (TPSA) is 96.7 Å². The first-order valence-electron chi connectivity index (χ1n) is 11.3. The van der Waals surface area contributed by atoms with Gasteiger partial charge in [0.1, 0.15) is 22.4 Å². The van der Waals surface area contributed by atoms with Crippen LogP contribution < -0.4 is 15.5 Å². The minimum absolute atomic E-state index is 0.191. The maximum atomic E-state index is 4.78. The number of aromatic nitrogens is 6. The Morgan fingerprint density at radius 2 is 1.88 bits per heavy atom. The van der Waals surface area contributed by atoms with Gasteiger partial charge in [0.2, 0.25) is 5.95 Å². The minimum Gasteiger partial charge on any atom is -0.369 e. The van der Waals surface area contributed by atoms with Crippen LogP contribution in [0.25, 0.3) is 21.9 Å². The maximum absolute atomic E-state index is 4.78. The van der Waals surface area contributed by atoms with Crippen LogP contribution >= 0.6 is 0 Å². The highest BCUT2D eigenvalue weighted by Gasteiger charge is 2.43. The molecule has 0 saturated carbocycles. The lowest BCUT2D eigenvalue weighted by Gasteiger charge is -2.53. The summed E-state index contributed by atoms with van der Waals surface area (Å²) in [6, 6.07) is 8.26. The van der Waals surface area contributed by atoms with Crippen molar-refractivity contribution in [3.63, 3.8) is 0 Å². The SMILES string of the molecule is CC(C)n1nnc2ccc3cnc(Nc4ccc(N5CC6(CCNCC6)C5)cn4)nc3c21. The van der Waals surface area contributed by atoms with Gasteiger partial charge in [0.05, 0.1) is 11.9 Å². The molecular weight excluding hydrogens is 402 g/mol. The molecule has 164 valence electrons. The maximum Gasteiger partial charge on any atom is 0.228 e. The minimum atomic E-state index is 0.191. The fraction of sp³-hybridized carbons (Fsp3) is 0.435. The summed E-state index contributed by atoms with van der Waals surface area (Å²) in [6.07, 6.45) is 6.31. The number of rotatable bonds is 4. The van der Waals surface area contributed by atoms with E-state index in [4.69, 9.17) is 4.98 Å². The Bertz CT molecular complexity index is 1260. The molecule has 0 radical (unpaired) electrons. The van der Waals surface area contributed by atoms with E-state index in [9.17, 15) is 0 Å². The smallest absolute Gasteiger partial charge is 0.228 e. The Balaban J connectivity index is 1.23. The van der Waals surface area contributed by atoms with Crippen LogP contribution in [0, 0.1) is 5.41 Å². The average molecular weight is 430 g/mol. The van der Waals surface area contributed by atoms with Gasteiger partial charge in [-0.2, -0.15) is 0 Å². The number of anilines is 3.